The Balaban J connectivity index is 1.36. The van der Waals surface area contributed by atoms with Crippen LogP contribution in [0.3, 0.4) is 0 Å². The fourth-order valence-corrected chi connectivity index (χ4v) is 8.24. The first-order valence-electron chi connectivity index (χ1n) is 16.0. The van der Waals surface area contributed by atoms with E-state index in [0.29, 0.717) is 65.3 Å². The molecule has 4 aliphatic heterocycles. The monoisotopic (exact) mass is 610 g/mol. The Morgan fingerprint density at radius 3 is 2.71 bits per heavy atom. The Morgan fingerprint density at radius 1 is 1.09 bits per heavy atom. The maximum Gasteiger partial charge on any atom is 0.319 e. The second-order valence-corrected chi connectivity index (χ2v) is 13.1. The summed E-state index contributed by atoms with van der Waals surface area (Å²) in [4.78, 5) is 19.5. The molecule has 0 spiro atoms. The SMILES string of the molecule is C#Cc1c(F)ccc2cc(N)cc(-c3nc4c5c(nc(OCC67CCCN6CCC7)nc5c3F)N3CCCOCC3C[C@H]4C)c12. The molecule has 3 saturated heterocycles. The van der Waals surface area contributed by atoms with Crippen molar-refractivity contribution in [3.05, 3.63) is 47.2 Å². The van der Waals surface area contributed by atoms with Crippen molar-refractivity contribution in [1.29, 1.82) is 0 Å². The van der Waals surface area contributed by atoms with Crippen molar-refractivity contribution < 1.29 is 18.3 Å². The molecule has 6 heterocycles. The molecule has 1 unspecified atom stereocenters. The number of pyridine rings is 1. The lowest BCUT2D eigenvalue weighted by Crippen LogP contribution is -2.43. The zero-order valence-corrected chi connectivity index (χ0v) is 25.4. The van der Waals surface area contributed by atoms with Crippen LogP contribution in [0.4, 0.5) is 20.3 Å². The molecule has 8 rings (SSSR count). The minimum absolute atomic E-state index is 0.0246. The van der Waals surface area contributed by atoms with Crippen molar-refractivity contribution in [3.63, 3.8) is 0 Å². The number of halogens is 2. The molecule has 45 heavy (non-hydrogen) atoms. The summed E-state index contributed by atoms with van der Waals surface area (Å²) in [6, 6.07) is 6.41. The van der Waals surface area contributed by atoms with Gasteiger partial charge in [0.1, 0.15) is 29.5 Å². The van der Waals surface area contributed by atoms with Gasteiger partial charge in [0.15, 0.2) is 5.82 Å². The van der Waals surface area contributed by atoms with Gasteiger partial charge in [-0.05, 0) is 75.2 Å². The molecule has 4 aromatic rings. The molecule has 4 aliphatic rings. The number of nitrogens with two attached hydrogens (primary N) is 1. The van der Waals surface area contributed by atoms with Crippen molar-refractivity contribution in [1.82, 2.24) is 19.9 Å². The van der Waals surface area contributed by atoms with Gasteiger partial charge in [0, 0.05) is 35.7 Å². The quantitative estimate of drug-likeness (QED) is 0.229. The molecule has 2 atom stereocenters. The molecule has 2 aromatic heterocycles. The summed E-state index contributed by atoms with van der Waals surface area (Å²) < 4.78 is 44.5. The van der Waals surface area contributed by atoms with Gasteiger partial charge < -0.3 is 20.1 Å². The predicted molar refractivity (Wildman–Crippen MR) is 170 cm³/mol. The standard InChI is InChI=1S/C35H36F2N6O2/c1-3-24-26(36)8-7-21-16-22(38)17-25(27(21)24)31-29(37)32-28-30(39-31)20(2)15-23-18-44-14-6-13-43(23)33(28)41-34(40-32)45-19-35-9-4-11-42(35)12-5-10-35/h1,7-8,16-17,20,23H,4-6,9-15,18-19,38H2,2H3/t20-,23?/m1/s1. The molecule has 0 aliphatic carbocycles. The van der Waals surface area contributed by atoms with E-state index >= 15 is 8.78 Å². The van der Waals surface area contributed by atoms with Gasteiger partial charge in [-0.1, -0.05) is 18.9 Å². The highest BCUT2D eigenvalue weighted by atomic mass is 19.1. The molecular formula is C35H36F2N6O2. The minimum atomic E-state index is -0.639. The third kappa shape index (κ3) is 4.50. The molecule has 0 saturated carbocycles. The molecule has 0 bridgehead atoms. The summed E-state index contributed by atoms with van der Waals surface area (Å²) in [5.74, 6) is 1.82. The third-order valence-corrected chi connectivity index (χ3v) is 10.3. The Labute approximate surface area is 260 Å². The Bertz CT molecular complexity index is 1880. The smallest absolute Gasteiger partial charge is 0.319 e. The van der Waals surface area contributed by atoms with Gasteiger partial charge in [0.2, 0.25) is 0 Å². The average molecular weight is 611 g/mol. The number of anilines is 2. The molecule has 0 radical (unpaired) electrons. The number of aromatic nitrogens is 3. The maximum atomic E-state index is 17.1. The van der Waals surface area contributed by atoms with E-state index in [1.807, 2.05) is 0 Å². The van der Waals surface area contributed by atoms with E-state index < -0.39 is 11.6 Å². The van der Waals surface area contributed by atoms with E-state index in [1.54, 1.807) is 18.2 Å². The zero-order valence-electron chi connectivity index (χ0n) is 25.4. The van der Waals surface area contributed by atoms with Crippen molar-refractivity contribution in [2.24, 2.45) is 0 Å². The number of rotatable bonds is 4. The van der Waals surface area contributed by atoms with E-state index in [0.717, 1.165) is 51.6 Å². The largest absolute Gasteiger partial charge is 0.461 e. The van der Waals surface area contributed by atoms with Crippen LogP contribution in [0.15, 0.2) is 24.3 Å². The first-order chi connectivity index (χ1) is 21.9. The number of nitrogens with zero attached hydrogens (tertiary/aromatic N) is 5. The first-order valence-corrected chi connectivity index (χ1v) is 16.0. The molecule has 2 N–H and O–H groups in total. The van der Waals surface area contributed by atoms with E-state index in [1.165, 1.54) is 6.07 Å². The fourth-order valence-electron chi connectivity index (χ4n) is 8.24. The summed E-state index contributed by atoms with van der Waals surface area (Å²) in [6.07, 6.45) is 11.8. The first kappa shape index (κ1) is 28.4. The van der Waals surface area contributed by atoms with Gasteiger partial charge in [0.25, 0.3) is 0 Å². The molecular weight excluding hydrogens is 574 g/mol. The predicted octanol–water partition coefficient (Wildman–Crippen LogP) is 5.80. The second-order valence-electron chi connectivity index (χ2n) is 13.1. The zero-order chi connectivity index (χ0) is 30.9. The van der Waals surface area contributed by atoms with Crippen LogP contribution in [0, 0.1) is 24.0 Å². The summed E-state index contributed by atoms with van der Waals surface area (Å²) >= 11 is 0. The van der Waals surface area contributed by atoms with Crippen LogP contribution in [0.25, 0.3) is 32.9 Å². The lowest BCUT2D eigenvalue weighted by molar-refractivity contribution is 0.107. The Hall–Kier alpha value is -4.07. The highest BCUT2D eigenvalue weighted by Gasteiger charge is 2.45. The normalized spacial score (nSPS) is 22.6. The second kappa shape index (κ2) is 10.8. The van der Waals surface area contributed by atoms with Crippen molar-refractivity contribution in [2.45, 2.75) is 62.9 Å². The van der Waals surface area contributed by atoms with Crippen molar-refractivity contribution in [2.75, 3.05) is 50.1 Å². The van der Waals surface area contributed by atoms with Crippen LogP contribution < -0.4 is 15.4 Å². The van der Waals surface area contributed by atoms with Crippen LogP contribution in [0.1, 0.15) is 62.6 Å². The van der Waals surface area contributed by atoms with E-state index in [2.05, 4.69) is 22.6 Å². The van der Waals surface area contributed by atoms with Crippen LogP contribution in [0.5, 0.6) is 6.01 Å². The van der Waals surface area contributed by atoms with Crippen molar-refractivity contribution >= 4 is 33.2 Å². The topological polar surface area (TPSA) is 89.6 Å². The summed E-state index contributed by atoms with van der Waals surface area (Å²) in [5, 5.41) is 1.58. The van der Waals surface area contributed by atoms with Crippen LogP contribution in [0.2, 0.25) is 0 Å². The number of hydrogen-bond donors (Lipinski definition) is 1. The van der Waals surface area contributed by atoms with Crippen LogP contribution in [-0.4, -0.2) is 70.9 Å². The number of fused-ring (bicyclic) bond motifs is 4. The Kier molecular flexibility index (Phi) is 6.80. The lowest BCUT2D eigenvalue weighted by atomic mass is 9.93. The molecule has 2 aromatic carbocycles. The molecule has 3 fully saturated rings. The maximum absolute atomic E-state index is 17.1. The third-order valence-electron chi connectivity index (χ3n) is 10.3. The van der Waals surface area contributed by atoms with Crippen molar-refractivity contribution in [3.8, 4) is 29.6 Å². The van der Waals surface area contributed by atoms with E-state index in [9.17, 15) is 0 Å². The van der Waals surface area contributed by atoms with Gasteiger partial charge >= 0.3 is 6.01 Å². The molecule has 232 valence electrons. The summed E-state index contributed by atoms with van der Waals surface area (Å²) in [6.45, 7) is 6.60. The minimum Gasteiger partial charge on any atom is -0.461 e. The fraction of sp³-hybridized carbons (Fsp3) is 0.457. The van der Waals surface area contributed by atoms with Gasteiger partial charge in [-0.25, -0.2) is 13.8 Å². The van der Waals surface area contributed by atoms with E-state index in [4.69, 9.17) is 36.6 Å². The number of benzene rings is 2. The van der Waals surface area contributed by atoms with Gasteiger partial charge in [-0.2, -0.15) is 9.97 Å². The summed E-state index contributed by atoms with van der Waals surface area (Å²) in [5.41, 5.74) is 7.89. The van der Waals surface area contributed by atoms with Crippen LogP contribution >= 0.6 is 0 Å². The highest BCUT2D eigenvalue weighted by molar-refractivity contribution is 6.04. The Morgan fingerprint density at radius 2 is 1.91 bits per heavy atom. The van der Waals surface area contributed by atoms with Crippen LogP contribution in [-0.2, 0) is 4.74 Å². The highest BCUT2D eigenvalue weighted by Crippen LogP contribution is 2.45. The molecule has 8 nitrogen and oxygen atoms in total. The van der Waals surface area contributed by atoms with E-state index in [-0.39, 0.29) is 40.3 Å². The number of terminal acetylenes is 1. The van der Waals surface area contributed by atoms with Gasteiger partial charge in [-0.15, -0.1) is 6.42 Å². The van der Waals surface area contributed by atoms with Gasteiger partial charge in [0.05, 0.1) is 34.8 Å². The lowest BCUT2D eigenvalue weighted by Gasteiger charge is -2.32. The number of ether oxygens (including phenoxy) is 2. The number of nitrogen functional groups attached to an aromatic ring is 1. The average Bonchev–Trinajstić information content (AvgIpc) is 3.50. The number of hydrogen-bond acceptors (Lipinski definition) is 8. The summed E-state index contributed by atoms with van der Waals surface area (Å²) in [7, 11) is 0. The molecule has 0 amide bonds. The molecule has 10 heteroatoms. The van der Waals surface area contributed by atoms with Gasteiger partial charge in [-0.3, -0.25) is 4.90 Å².